The first kappa shape index (κ1) is 8.70. The van der Waals surface area contributed by atoms with Crippen molar-refractivity contribution in [1.82, 2.24) is 0 Å². The van der Waals surface area contributed by atoms with E-state index in [1.165, 1.54) is 11.3 Å². The predicted octanol–water partition coefficient (Wildman–Crippen LogP) is 0.973. The lowest BCUT2D eigenvalue weighted by atomic mass is 10.4. The second-order valence-electron chi connectivity index (χ2n) is 1.87. The molecule has 0 atom stereocenters. The van der Waals surface area contributed by atoms with Crippen LogP contribution in [0.1, 0.15) is 9.75 Å². The fourth-order valence-corrected chi connectivity index (χ4v) is 1.67. The lowest BCUT2D eigenvalue weighted by molar-refractivity contribution is 0.326. The van der Waals surface area contributed by atoms with Gasteiger partial charge in [-0.2, -0.15) is 0 Å². The molecule has 0 amide bonds. The molecule has 1 radical (unpaired) electrons. The SMILES string of the molecule is [CH2]c1ccc(CO[SH](=O)=O)s1. The molecule has 0 unspecified atom stereocenters. The second-order valence-corrected chi connectivity index (χ2v) is 3.82. The van der Waals surface area contributed by atoms with Gasteiger partial charge < -0.3 is 0 Å². The van der Waals surface area contributed by atoms with Gasteiger partial charge in [0.2, 0.25) is 0 Å². The summed E-state index contributed by atoms with van der Waals surface area (Å²) in [6.45, 7) is 3.80. The zero-order chi connectivity index (χ0) is 8.27. The molecule has 0 aromatic carbocycles. The van der Waals surface area contributed by atoms with Crippen LogP contribution in [-0.4, -0.2) is 8.42 Å². The summed E-state index contributed by atoms with van der Waals surface area (Å²) in [5.41, 5.74) is 0. The fourth-order valence-electron chi connectivity index (χ4n) is 0.616. The third kappa shape index (κ3) is 3.00. The Hall–Kier alpha value is -0.390. The molecule has 0 bridgehead atoms. The quantitative estimate of drug-likeness (QED) is 0.724. The number of hydrogen-bond donors (Lipinski definition) is 1. The van der Waals surface area contributed by atoms with Crippen molar-refractivity contribution in [3.8, 4) is 0 Å². The molecule has 0 fully saturated rings. The molecule has 11 heavy (non-hydrogen) atoms. The Morgan fingerprint density at radius 1 is 1.55 bits per heavy atom. The Morgan fingerprint density at radius 2 is 2.27 bits per heavy atom. The number of thiol groups is 1. The van der Waals surface area contributed by atoms with Gasteiger partial charge in [-0.1, -0.05) is 0 Å². The van der Waals surface area contributed by atoms with Crippen molar-refractivity contribution in [3.05, 3.63) is 28.8 Å². The van der Waals surface area contributed by atoms with Crippen molar-refractivity contribution in [2.45, 2.75) is 6.61 Å². The maximum atomic E-state index is 9.98. The Kier molecular flexibility index (Phi) is 3.04. The molecule has 0 saturated carbocycles. The molecule has 1 heterocycles. The summed E-state index contributed by atoms with van der Waals surface area (Å²) in [6, 6.07) is 3.62. The summed E-state index contributed by atoms with van der Waals surface area (Å²) >= 11 is 1.43. The number of hydrogen-bond acceptors (Lipinski definition) is 4. The van der Waals surface area contributed by atoms with Crippen LogP contribution >= 0.6 is 11.3 Å². The maximum absolute atomic E-state index is 9.98. The van der Waals surface area contributed by atoms with Crippen molar-refractivity contribution >= 4 is 22.3 Å². The van der Waals surface area contributed by atoms with E-state index in [1.54, 1.807) is 6.07 Å². The summed E-state index contributed by atoms with van der Waals surface area (Å²) in [4.78, 5) is 1.78. The van der Waals surface area contributed by atoms with Crippen LogP contribution in [-0.2, 0) is 21.8 Å². The third-order valence-electron chi connectivity index (χ3n) is 1.03. The maximum Gasteiger partial charge on any atom is 0.257 e. The minimum Gasteiger partial charge on any atom is -0.267 e. The summed E-state index contributed by atoms with van der Waals surface area (Å²) in [6.07, 6.45) is 0. The summed E-state index contributed by atoms with van der Waals surface area (Å²) < 4.78 is 24.3. The van der Waals surface area contributed by atoms with E-state index in [0.717, 1.165) is 9.75 Å². The Bertz CT molecular complexity index is 293. The van der Waals surface area contributed by atoms with Gasteiger partial charge in [-0.25, -0.2) is 8.42 Å². The first-order valence-electron chi connectivity index (χ1n) is 2.86. The first-order valence-corrected chi connectivity index (χ1v) is 4.77. The molecular formula is C6H7O3S2. The summed E-state index contributed by atoms with van der Waals surface area (Å²) in [5, 5.41) is 0. The van der Waals surface area contributed by atoms with Crippen LogP contribution < -0.4 is 0 Å². The molecule has 1 aromatic rings. The van der Waals surface area contributed by atoms with E-state index < -0.39 is 11.0 Å². The highest BCUT2D eigenvalue weighted by atomic mass is 32.2. The molecule has 0 saturated heterocycles. The molecule has 61 valence electrons. The zero-order valence-corrected chi connectivity index (χ0v) is 7.36. The minimum atomic E-state index is -2.73. The molecule has 0 aliphatic heterocycles. The van der Waals surface area contributed by atoms with E-state index in [1.807, 2.05) is 6.07 Å². The topological polar surface area (TPSA) is 43.4 Å². The van der Waals surface area contributed by atoms with E-state index in [-0.39, 0.29) is 6.61 Å². The molecule has 0 spiro atoms. The monoisotopic (exact) mass is 191 g/mol. The highest BCUT2D eigenvalue weighted by Crippen LogP contribution is 2.15. The smallest absolute Gasteiger partial charge is 0.257 e. The standard InChI is InChI=1S/C6H7O3S2/c1-5-2-3-6(10-5)4-9-11(7)8/h2-3,11H,1,4H2. The van der Waals surface area contributed by atoms with Gasteiger partial charge in [-0.05, 0) is 19.1 Å². The molecule has 5 heteroatoms. The second kappa shape index (κ2) is 3.85. The van der Waals surface area contributed by atoms with Crippen LogP contribution in [0, 0.1) is 6.92 Å². The van der Waals surface area contributed by atoms with E-state index in [4.69, 9.17) is 0 Å². The lowest BCUT2D eigenvalue weighted by Crippen LogP contribution is -1.86. The van der Waals surface area contributed by atoms with Gasteiger partial charge in [0, 0.05) is 9.75 Å². The highest BCUT2D eigenvalue weighted by molar-refractivity contribution is 7.67. The largest absolute Gasteiger partial charge is 0.267 e. The average molecular weight is 191 g/mol. The molecule has 0 aliphatic rings. The van der Waals surface area contributed by atoms with Gasteiger partial charge in [0.05, 0.1) is 0 Å². The van der Waals surface area contributed by atoms with Crippen LogP contribution in [0.25, 0.3) is 0 Å². The molecule has 0 N–H and O–H groups in total. The third-order valence-corrected chi connectivity index (χ3v) is 2.28. The first-order chi connectivity index (χ1) is 5.18. The summed E-state index contributed by atoms with van der Waals surface area (Å²) in [5.74, 6) is 0. The fraction of sp³-hybridized carbons (Fsp3) is 0.167. The predicted molar refractivity (Wildman–Crippen MR) is 43.9 cm³/mol. The Morgan fingerprint density at radius 3 is 2.73 bits per heavy atom. The van der Waals surface area contributed by atoms with Crippen molar-refractivity contribution in [2.75, 3.05) is 0 Å². The summed E-state index contributed by atoms with van der Waals surface area (Å²) in [7, 11) is -2.73. The highest BCUT2D eigenvalue weighted by Gasteiger charge is 1.96. The van der Waals surface area contributed by atoms with Crippen LogP contribution in [0.15, 0.2) is 12.1 Å². The molecule has 1 rings (SSSR count). The van der Waals surface area contributed by atoms with E-state index >= 15 is 0 Å². The Labute approximate surface area is 70.8 Å². The van der Waals surface area contributed by atoms with Gasteiger partial charge in [0.1, 0.15) is 6.61 Å². The van der Waals surface area contributed by atoms with Crippen molar-refractivity contribution in [3.63, 3.8) is 0 Å². The normalized spacial score (nSPS) is 10.7. The van der Waals surface area contributed by atoms with Crippen molar-refractivity contribution < 1.29 is 12.6 Å². The molecular weight excluding hydrogens is 184 g/mol. The van der Waals surface area contributed by atoms with Gasteiger partial charge in [0.15, 0.2) is 0 Å². The number of thiophene rings is 1. The van der Waals surface area contributed by atoms with Gasteiger partial charge in [-0.15, -0.1) is 11.3 Å². The van der Waals surface area contributed by atoms with Crippen LogP contribution in [0.2, 0.25) is 0 Å². The molecule has 0 aliphatic carbocycles. The van der Waals surface area contributed by atoms with Crippen molar-refractivity contribution in [2.24, 2.45) is 0 Å². The molecule has 3 nitrogen and oxygen atoms in total. The number of rotatable bonds is 3. The van der Waals surface area contributed by atoms with Gasteiger partial charge in [0.25, 0.3) is 11.0 Å². The van der Waals surface area contributed by atoms with Gasteiger partial charge in [-0.3, -0.25) is 4.18 Å². The Balaban J connectivity index is 2.51. The van der Waals surface area contributed by atoms with E-state index in [0.29, 0.717) is 0 Å². The van der Waals surface area contributed by atoms with Crippen molar-refractivity contribution in [1.29, 1.82) is 0 Å². The average Bonchev–Trinajstić information content (AvgIpc) is 2.31. The van der Waals surface area contributed by atoms with Crippen LogP contribution in [0.5, 0.6) is 0 Å². The van der Waals surface area contributed by atoms with Crippen LogP contribution in [0.3, 0.4) is 0 Å². The van der Waals surface area contributed by atoms with Crippen LogP contribution in [0.4, 0.5) is 0 Å². The zero-order valence-electron chi connectivity index (χ0n) is 5.65. The van der Waals surface area contributed by atoms with E-state index in [2.05, 4.69) is 11.1 Å². The lowest BCUT2D eigenvalue weighted by Gasteiger charge is -1.89. The van der Waals surface area contributed by atoms with E-state index in [9.17, 15) is 8.42 Å². The molecule has 1 aromatic heterocycles. The van der Waals surface area contributed by atoms with Gasteiger partial charge >= 0.3 is 0 Å². The minimum absolute atomic E-state index is 0.124.